The van der Waals surface area contributed by atoms with Crippen LogP contribution in [-0.4, -0.2) is 164 Å². The summed E-state index contributed by atoms with van der Waals surface area (Å²) in [5.41, 5.74) is 2.67. The first-order valence-electron chi connectivity index (χ1n) is 23.0. The van der Waals surface area contributed by atoms with Crippen molar-refractivity contribution in [1.29, 1.82) is 0 Å². The van der Waals surface area contributed by atoms with E-state index in [2.05, 4.69) is 0 Å². The SMILES string of the molecule is CO[C@H]1O[C@H](COCCCN2C(=O)c3ccccc3C2=O)[C@@H](OCCCN2C(=O)c3ccccc3C2=O)[C@H](OCCCN2C(=O)c3ccccc3C2=O)[C@H]1OCCCN1C(=O)c2ccccc2C1=O. The quantitative estimate of drug-likeness (QED) is 0.0798. The molecular formula is C51H50N4O14. The van der Waals surface area contributed by atoms with Crippen LogP contribution in [0.25, 0.3) is 0 Å². The first-order valence-corrected chi connectivity index (χ1v) is 23.0. The topological polar surface area (TPSA) is 205 Å². The average Bonchev–Trinajstić information content (AvgIpc) is 3.96. The second-order valence-corrected chi connectivity index (χ2v) is 17.0. The minimum Gasteiger partial charge on any atom is -0.379 e. The summed E-state index contributed by atoms with van der Waals surface area (Å²) in [6.07, 6.45) is -3.75. The molecule has 5 atom stereocenters. The van der Waals surface area contributed by atoms with Gasteiger partial charge >= 0.3 is 0 Å². The molecule has 9 rings (SSSR count). The largest absolute Gasteiger partial charge is 0.379 e. The van der Waals surface area contributed by atoms with E-state index in [9.17, 15) is 38.4 Å². The van der Waals surface area contributed by atoms with Crippen molar-refractivity contribution < 1.29 is 66.8 Å². The predicted molar refractivity (Wildman–Crippen MR) is 241 cm³/mol. The van der Waals surface area contributed by atoms with Gasteiger partial charge in [0, 0.05) is 59.7 Å². The molecule has 0 unspecified atom stereocenters. The zero-order valence-electron chi connectivity index (χ0n) is 37.8. The Kier molecular flexibility index (Phi) is 14.3. The molecule has 0 N–H and O–H groups in total. The lowest BCUT2D eigenvalue weighted by Gasteiger charge is -2.45. The molecular weight excluding hydrogens is 893 g/mol. The third-order valence-electron chi connectivity index (χ3n) is 12.8. The summed E-state index contributed by atoms with van der Waals surface area (Å²) in [6, 6.07) is 26.5. The highest BCUT2D eigenvalue weighted by atomic mass is 16.7. The van der Waals surface area contributed by atoms with Crippen LogP contribution >= 0.6 is 0 Å². The minimum atomic E-state index is -1.06. The molecule has 4 aromatic rings. The van der Waals surface area contributed by atoms with Crippen LogP contribution < -0.4 is 0 Å². The molecule has 0 saturated carbocycles. The maximum absolute atomic E-state index is 13.2. The van der Waals surface area contributed by atoms with Crippen LogP contribution in [0, 0.1) is 0 Å². The first kappa shape index (κ1) is 47.3. The number of benzene rings is 4. The maximum Gasteiger partial charge on any atom is 0.261 e. The smallest absolute Gasteiger partial charge is 0.261 e. The summed E-state index contributed by atoms with van der Waals surface area (Å²) in [5, 5.41) is 0. The monoisotopic (exact) mass is 942 g/mol. The van der Waals surface area contributed by atoms with E-state index in [1.807, 2.05) is 0 Å². The van der Waals surface area contributed by atoms with Gasteiger partial charge in [0.2, 0.25) is 0 Å². The molecule has 5 aliphatic rings. The van der Waals surface area contributed by atoms with E-state index >= 15 is 0 Å². The van der Waals surface area contributed by atoms with Crippen LogP contribution in [0.2, 0.25) is 0 Å². The molecule has 358 valence electrons. The van der Waals surface area contributed by atoms with Gasteiger partial charge in [-0.05, 0) is 74.2 Å². The second kappa shape index (κ2) is 20.8. The Hall–Kier alpha value is -6.80. The van der Waals surface area contributed by atoms with Gasteiger partial charge in [0.05, 0.1) is 51.1 Å². The van der Waals surface area contributed by atoms with Gasteiger partial charge in [0.1, 0.15) is 24.4 Å². The normalized spacial score (nSPS) is 21.8. The van der Waals surface area contributed by atoms with E-state index in [0.717, 1.165) is 0 Å². The number of hydrogen-bond acceptors (Lipinski definition) is 14. The fraction of sp³-hybridized carbons (Fsp3) is 0.373. The van der Waals surface area contributed by atoms with Gasteiger partial charge in [0.15, 0.2) is 6.29 Å². The second-order valence-electron chi connectivity index (χ2n) is 17.0. The number of nitrogens with zero attached hydrogens (tertiary/aromatic N) is 4. The van der Waals surface area contributed by atoms with Crippen molar-refractivity contribution in [2.45, 2.75) is 56.4 Å². The van der Waals surface area contributed by atoms with Crippen molar-refractivity contribution in [3.63, 3.8) is 0 Å². The molecule has 69 heavy (non-hydrogen) atoms. The Morgan fingerprint density at radius 2 is 0.667 bits per heavy atom. The average molecular weight is 943 g/mol. The number of rotatable bonds is 22. The number of fused-ring (bicyclic) bond motifs is 4. The van der Waals surface area contributed by atoms with Crippen LogP contribution in [0.5, 0.6) is 0 Å². The summed E-state index contributed by atoms with van der Waals surface area (Å²) in [7, 11) is 1.43. The van der Waals surface area contributed by atoms with E-state index in [-0.39, 0.29) is 90.3 Å². The summed E-state index contributed by atoms with van der Waals surface area (Å²) >= 11 is 0. The summed E-state index contributed by atoms with van der Waals surface area (Å²) < 4.78 is 38.1. The number of amides is 8. The van der Waals surface area contributed by atoms with E-state index in [1.165, 1.54) is 26.7 Å². The van der Waals surface area contributed by atoms with Crippen molar-refractivity contribution >= 4 is 47.3 Å². The molecule has 18 nitrogen and oxygen atoms in total. The highest BCUT2D eigenvalue weighted by molar-refractivity contribution is 6.23. The molecule has 5 heterocycles. The zero-order chi connectivity index (χ0) is 48.2. The third-order valence-corrected chi connectivity index (χ3v) is 12.8. The van der Waals surface area contributed by atoms with Gasteiger partial charge in [0.25, 0.3) is 47.3 Å². The van der Waals surface area contributed by atoms with Crippen molar-refractivity contribution in [3.8, 4) is 0 Å². The minimum absolute atomic E-state index is 0.0200. The highest BCUT2D eigenvalue weighted by Crippen LogP contribution is 2.32. The number of carbonyl (C=O) groups is 8. The number of hydrogen-bond donors (Lipinski definition) is 0. The number of imide groups is 4. The van der Waals surface area contributed by atoms with Crippen LogP contribution in [0.1, 0.15) is 109 Å². The first-order chi connectivity index (χ1) is 33.6. The summed E-state index contributed by atoms with van der Waals surface area (Å²) in [5.74, 6) is -3.15. The van der Waals surface area contributed by atoms with Crippen molar-refractivity contribution in [2.75, 3.05) is 66.3 Å². The Morgan fingerprint density at radius 1 is 0.391 bits per heavy atom. The summed E-state index contributed by atoms with van der Waals surface area (Å²) in [6.45, 7) is 0.436. The lowest BCUT2D eigenvalue weighted by Crippen LogP contribution is -2.62. The lowest BCUT2D eigenvalue weighted by atomic mass is 9.98. The zero-order valence-corrected chi connectivity index (χ0v) is 37.8. The molecule has 0 radical (unpaired) electrons. The van der Waals surface area contributed by atoms with Gasteiger partial charge in [-0.1, -0.05) is 48.5 Å². The van der Waals surface area contributed by atoms with Crippen molar-refractivity contribution in [1.82, 2.24) is 19.6 Å². The molecule has 18 heteroatoms. The van der Waals surface area contributed by atoms with Gasteiger partial charge in [-0.15, -0.1) is 0 Å². The van der Waals surface area contributed by atoms with E-state index in [4.69, 9.17) is 28.4 Å². The van der Waals surface area contributed by atoms with Crippen LogP contribution in [-0.2, 0) is 28.4 Å². The standard InChI is InChI=1S/C51H50N4O14/c1-64-51-42(68-29-13-25-55-49(62)37-20-8-9-21-38(37)50(55)63)41(67-28-12-24-54-47(60)35-18-6-7-19-36(35)48(54)61)40(66-27-11-23-53-45(58)33-16-4-5-17-34(33)46(53)59)39(69-51)30-65-26-10-22-52-43(56)31-14-2-3-15-32(31)44(52)57/h2-9,14-21,39-42,51H,10-13,22-30H2,1H3/t39-,40-,41+,42-,51+/m1/s1. The Morgan fingerprint density at radius 3 is 0.971 bits per heavy atom. The van der Waals surface area contributed by atoms with E-state index < -0.39 is 66.1 Å². The van der Waals surface area contributed by atoms with Crippen molar-refractivity contribution in [3.05, 3.63) is 142 Å². The molecule has 5 aliphatic heterocycles. The lowest BCUT2D eigenvalue weighted by molar-refractivity contribution is -0.318. The molecule has 0 aliphatic carbocycles. The van der Waals surface area contributed by atoms with Gasteiger partial charge in [-0.2, -0.15) is 0 Å². The van der Waals surface area contributed by atoms with E-state index in [0.29, 0.717) is 50.9 Å². The molecule has 0 bridgehead atoms. The summed E-state index contributed by atoms with van der Waals surface area (Å²) in [4.78, 5) is 110. The molecule has 8 amide bonds. The van der Waals surface area contributed by atoms with Crippen molar-refractivity contribution in [2.24, 2.45) is 0 Å². The van der Waals surface area contributed by atoms with Gasteiger partial charge in [-0.25, -0.2) is 0 Å². The van der Waals surface area contributed by atoms with Gasteiger partial charge < -0.3 is 28.4 Å². The molecule has 4 aromatic carbocycles. The van der Waals surface area contributed by atoms with Crippen LogP contribution in [0.15, 0.2) is 97.1 Å². The molecule has 0 spiro atoms. The fourth-order valence-electron chi connectivity index (χ4n) is 9.39. The molecule has 0 aromatic heterocycles. The molecule has 1 saturated heterocycles. The Labute approximate surface area is 396 Å². The Balaban J connectivity index is 0.894. The fourth-order valence-corrected chi connectivity index (χ4v) is 9.39. The van der Waals surface area contributed by atoms with Gasteiger partial charge in [-0.3, -0.25) is 58.0 Å². The number of ether oxygens (including phenoxy) is 6. The highest BCUT2D eigenvalue weighted by Gasteiger charge is 2.49. The number of methoxy groups -OCH3 is 1. The van der Waals surface area contributed by atoms with Crippen LogP contribution in [0.3, 0.4) is 0 Å². The van der Waals surface area contributed by atoms with Crippen LogP contribution in [0.4, 0.5) is 0 Å². The Bertz CT molecular complexity index is 2550. The van der Waals surface area contributed by atoms with E-state index in [1.54, 1.807) is 97.1 Å². The third kappa shape index (κ3) is 9.26. The maximum atomic E-state index is 13.2. The molecule has 1 fully saturated rings. The predicted octanol–water partition coefficient (Wildman–Crippen LogP) is 4.28. The number of carbonyl (C=O) groups excluding carboxylic acids is 8.